The van der Waals surface area contributed by atoms with Crippen LogP contribution in [0.15, 0.2) is 59.5 Å². The minimum absolute atomic E-state index is 0.0358. The molecule has 2 heterocycles. The third kappa shape index (κ3) is 5.42. The molecule has 4 rings (SSSR count). The summed E-state index contributed by atoms with van der Waals surface area (Å²) in [6.07, 6.45) is 0.768. The molecule has 1 fully saturated rings. The van der Waals surface area contributed by atoms with E-state index in [1.807, 2.05) is 54.6 Å². The van der Waals surface area contributed by atoms with Crippen LogP contribution in [0.4, 0.5) is 10.8 Å². The highest BCUT2D eigenvalue weighted by atomic mass is 32.2. The van der Waals surface area contributed by atoms with Gasteiger partial charge >= 0.3 is 0 Å². The fourth-order valence-corrected chi connectivity index (χ4v) is 5.02. The Labute approximate surface area is 188 Å². The molecule has 7 nitrogen and oxygen atoms in total. The molecule has 2 amide bonds. The third-order valence-electron chi connectivity index (χ3n) is 4.89. The average Bonchev–Trinajstić information content (AvgIpc) is 3.41. The van der Waals surface area contributed by atoms with Gasteiger partial charge in [0.1, 0.15) is 10.8 Å². The van der Waals surface area contributed by atoms with E-state index in [2.05, 4.69) is 15.5 Å². The van der Waals surface area contributed by atoms with Gasteiger partial charge < -0.3 is 15.0 Å². The van der Waals surface area contributed by atoms with Crippen LogP contribution in [0, 0.1) is 0 Å². The zero-order valence-electron chi connectivity index (χ0n) is 17.0. The number of carbonyl (C=O) groups excluding carboxylic acids is 2. The Bertz CT molecular complexity index is 1040. The minimum Gasteiger partial charge on any atom is -0.497 e. The van der Waals surface area contributed by atoms with Gasteiger partial charge in [0.05, 0.1) is 7.11 Å². The maximum Gasteiger partial charge on any atom is 0.227 e. The monoisotopic (exact) mass is 454 g/mol. The largest absolute Gasteiger partial charge is 0.497 e. The van der Waals surface area contributed by atoms with Crippen LogP contribution in [-0.2, 0) is 9.59 Å². The normalized spacial score (nSPS) is 15.8. The number of nitrogens with zero attached hydrogens (tertiary/aromatic N) is 3. The number of hydrogen-bond donors (Lipinski definition) is 1. The summed E-state index contributed by atoms with van der Waals surface area (Å²) in [5.74, 6) is 1.36. The molecule has 160 valence electrons. The van der Waals surface area contributed by atoms with Gasteiger partial charge in [-0.3, -0.25) is 9.59 Å². The number of thioether (sulfide) groups is 1. The average molecular weight is 455 g/mol. The Morgan fingerprint density at radius 1 is 1.19 bits per heavy atom. The smallest absolute Gasteiger partial charge is 0.227 e. The number of anilines is 2. The van der Waals surface area contributed by atoms with Crippen LogP contribution in [0.25, 0.3) is 0 Å². The lowest BCUT2D eigenvalue weighted by Gasteiger charge is -2.16. The van der Waals surface area contributed by atoms with Crippen LogP contribution in [0.3, 0.4) is 0 Å². The molecule has 9 heteroatoms. The molecule has 3 aromatic rings. The quantitative estimate of drug-likeness (QED) is 0.514. The summed E-state index contributed by atoms with van der Waals surface area (Å²) in [5.41, 5.74) is 0.835. The number of carbonyl (C=O) groups is 2. The first-order chi connectivity index (χ1) is 15.1. The molecule has 0 spiro atoms. The molecule has 2 aromatic carbocycles. The first kappa shape index (κ1) is 21.3. The molecule has 1 aliphatic rings. The van der Waals surface area contributed by atoms with Crippen LogP contribution >= 0.6 is 23.1 Å². The lowest BCUT2D eigenvalue weighted by molar-refractivity contribution is -0.117. The van der Waals surface area contributed by atoms with E-state index in [1.54, 1.807) is 23.8 Å². The van der Waals surface area contributed by atoms with Gasteiger partial charge in [0.15, 0.2) is 0 Å². The SMILES string of the molecule is COc1ccc(N2CC(c3nnc(NC(=O)CCSc4ccccc4)s3)CC2=O)cc1. The first-order valence-electron chi connectivity index (χ1n) is 9.88. The predicted octanol–water partition coefficient (Wildman–Crippen LogP) is 4.19. The number of methoxy groups -OCH3 is 1. The second-order valence-corrected chi connectivity index (χ2v) is 9.19. The third-order valence-corrected chi connectivity index (χ3v) is 6.90. The Morgan fingerprint density at radius 2 is 1.97 bits per heavy atom. The van der Waals surface area contributed by atoms with Crippen molar-refractivity contribution in [2.24, 2.45) is 0 Å². The molecular weight excluding hydrogens is 432 g/mol. The highest BCUT2D eigenvalue weighted by Gasteiger charge is 2.34. The molecule has 1 saturated heterocycles. The van der Waals surface area contributed by atoms with Gasteiger partial charge in [0, 0.05) is 41.6 Å². The summed E-state index contributed by atoms with van der Waals surface area (Å²) in [6.45, 7) is 0.543. The highest BCUT2D eigenvalue weighted by Crippen LogP contribution is 2.34. The van der Waals surface area contributed by atoms with Crippen molar-refractivity contribution in [2.75, 3.05) is 29.6 Å². The lowest BCUT2D eigenvalue weighted by Crippen LogP contribution is -2.24. The maximum atomic E-state index is 12.5. The molecule has 1 atom stereocenters. The molecular formula is C22H22N4O3S2. The number of amides is 2. The van der Waals surface area contributed by atoms with E-state index in [-0.39, 0.29) is 17.7 Å². The van der Waals surface area contributed by atoms with Crippen LogP contribution in [0.2, 0.25) is 0 Å². The molecule has 1 N–H and O–H groups in total. The number of ether oxygens (including phenoxy) is 1. The first-order valence-corrected chi connectivity index (χ1v) is 11.7. The predicted molar refractivity (Wildman–Crippen MR) is 123 cm³/mol. The second kappa shape index (κ2) is 9.93. The fourth-order valence-electron chi connectivity index (χ4n) is 3.29. The van der Waals surface area contributed by atoms with E-state index < -0.39 is 0 Å². The Morgan fingerprint density at radius 3 is 2.71 bits per heavy atom. The molecule has 0 aliphatic carbocycles. The minimum atomic E-state index is -0.0894. The van der Waals surface area contributed by atoms with E-state index in [1.165, 1.54) is 11.3 Å². The van der Waals surface area contributed by atoms with Gasteiger partial charge in [-0.15, -0.1) is 22.0 Å². The van der Waals surface area contributed by atoms with Crippen LogP contribution < -0.4 is 15.0 Å². The summed E-state index contributed by atoms with van der Waals surface area (Å²) in [7, 11) is 1.61. The molecule has 1 aliphatic heterocycles. The van der Waals surface area contributed by atoms with Crippen molar-refractivity contribution < 1.29 is 14.3 Å². The van der Waals surface area contributed by atoms with Gasteiger partial charge in [-0.05, 0) is 36.4 Å². The van der Waals surface area contributed by atoms with Crippen LogP contribution in [-0.4, -0.2) is 41.4 Å². The van der Waals surface area contributed by atoms with Crippen molar-refractivity contribution >= 4 is 45.7 Å². The molecule has 31 heavy (non-hydrogen) atoms. The second-order valence-electron chi connectivity index (χ2n) is 7.01. The summed E-state index contributed by atoms with van der Waals surface area (Å²) >= 11 is 2.97. The Hall–Kier alpha value is -2.91. The van der Waals surface area contributed by atoms with Crippen molar-refractivity contribution in [1.29, 1.82) is 0 Å². The number of rotatable bonds is 8. The summed E-state index contributed by atoms with van der Waals surface area (Å²) in [4.78, 5) is 27.6. The topological polar surface area (TPSA) is 84.4 Å². The van der Waals surface area contributed by atoms with Gasteiger partial charge in [-0.1, -0.05) is 29.5 Å². The van der Waals surface area contributed by atoms with Crippen LogP contribution in [0.1, 0.15) is 23.8 Å². The molecule has 0 bridgehead atoms. The van der Waals surface area contributed by atoms with Gasteiger partial charge in [0.25, 0.3) is 0 Å². The fraction of sp³-hybridized carbons (Fsp3) is 0.273. The van der Waals surface area contributed by atoms with Gasteiger partial charge in [-0.2, -0.15) is 0 Å². The van der Waals surface area contributed by atoms with Crippen molar-refractivity contribution in [2.45, 2.75) is 23.7 Å². The van der Waals surface area contributed by atoms with Crippen molar-refractivity contribution in [3.8, 4) is 5.75 Å². The maximum absolute atomic E-state index is 12.5. The molecule has 0 saturated carbocycles. The van der Waals surface area contributed by atoms with Crippen molar-refractivity contribution in [3.63, 3.8) is 0 Å². The lowest BCUT2D eigenvalue weighted by atomic mass is 10.1. The Balaban J connectivity index is 1.30. The molecule has 0 radical (unpaired) electrons. The molecule has 1 aromatic heterocycles. The Kier molecular flexibility index (Phi) is 6.83. The number of aromatic nitrogens is 2. The number of benzene rings is 2. The standard InChI is InChI=1S/C22H22N4O3S2/c1-29-17-9-7-16(8-10-17)26-14-15(13-20(26)28)21-24-25-22(31-21)23-19(27)11-12-30-18-5-3-2-4-6-18/h2-10,15H,11-14H2,1H3,(H,23,25,27). The van der Waals surface area contributed by atoms with E-state index in [9.17, 15) is 9.59 Å². The van der Waals surface area contributed by atoms with Gasteiger partial charge in [0.2, 0.25) is 16.9 Å². The number of nitrogens with one attached hydrogen (secondary N) is 1. The zero-order valence-corrected chi connectivity index (χ0v) is 18.6. The van der Waals surface area contributed by atoms with Crippen molar-refractivity contribution in [3.05, 3.63) is 59.6 Å². The highest BCUT2D eigenvalue weighted by molar-refractivity contribution is 7.99. The summed E-state index contributed by atoms with van der Waals surface area (Å²) < 4.78 is 5.17. The van der Waals surface area contributed by atoms with Crippen LogP contribution in [0.5, 0.6) is 5.75 Å². The van der Waals surface area contributed by atoms with Gasteiger partial charge in [-0.25, -0.2) is 0 Å². The molecule has 1 unspecified atom stereocenters. The van der Waals surface area contributed by atoms with E-state index in [0.29, 0.717) is 30.3 Å². The van der Waals surface area contributed by atoms with E-state index >= 15 is 0 Å². The van der Waals surface area contributed by atoms with E-state index in [4.69, 9.17) is 4.74 Å². The van der Waals surface area contributed by atoms with E-state index in [0.717, 1.165) is 21.3 Å². The summed E-state index contributed by atoms with van der Waals surface area (Å²) in [6, 6.07) is 17.4. The number of hydrogen-bond acceptors (Lipinski definition) is 7. The summed E-state index contributed by atoms with van der Waals surface area (Å²) in [5, 5.41) is 12.4. The zero-order chi connectivity index (χ0) is 21.6. The van der Waals surface area contributed by atoms with Crippen molar-refractivity contribution in [1.82, 2.24) is 10.2 Å².